The van der Waals surface area contributed by atoms with Gasteiger partial charge in [0.05, 0.1) is 38.0 Å². The molecule has 0 aliphatic carbocycles. The molecule has 1 aromatic carbocycles. The van der Waals surface area contributed by atoms with Gasteiger partial charge >= 0.3 is 6.03 Å². The Balaban J connectivity index is 1.41. The molecule has 32 heavy (non-hydrogen) atoms. The van der Waals surface area contributed by atoms with E-state index in [0.717, 1.165) is 5.69 Å². The first-order valence-electron chi connectivity index (χ1n) is 10.7. The lowest BCUT2D eigenvalue weighted by atomic mass is 9.97. The Morgan fingerprint density at radius 3 is 2.75 bits per heavy atom. The molecular formula is C23H30N4O5. The molecule has 0 bridgehead atoms. The summed E-state index contributed by atoms with van der Waals surface area (Å²) in [5, 5.41) is 18.3. The zero-order chi connectivity index (χ0) is 22.8. The Morgan fingerprint density at radius 1 is 1.19 bits per heavy atom. The van der Waals surface area contributed by atoms with Gasteiger partial charge in [-0.3, -0.25) is 9.78 Å². The predicted molar refractivity (Wildman–Crippen MR) is 119 cm³/mol. The number of para-hydroxylation sites is 2. The number of nitrogens with one attached hydrogen (secondary N) is 3. The number of urea groups is 1. The van der Waals surface area contributed by atoms with Gasteiger partial charge in [-0.25, -0.2) is 4.79 Å². The number of aliphatic hydroxyl groups is 1. The van der Waals surface area contributed by atoms with Crippen molar-refractivity contribution in [1.82, 2.24) is 15.6 Å². The number of benzene rings is 1. The number of aromatic nitrogens is 1. The number of hydrogen-bond acceptors (Lipinski definition) is 6. The van der Waals surface area contributed by atoms with Crippen LogP contribution in [0.4, 0.5) is 10.5 Å². The van der Waals surface area contributed by atoms with E-state index in [2.05, 4.69) is 20.9 Å². The highest BCUT2D eigenvalue weighted by Crippen LogP contribution is 2.24. The van der Waals surface area contributed by atoms with Gasteiger partial charge in [0.25, 0.3) is 0 Å². The third-order valence-electron chi connectivity index (χ3n) is 5.32. The molecule has 1 fully saturated rings. The van der Waals surface area contributed by atoms with Crippen molar-refractivity contribution >= 4 is 17.6 Å². The third-order valence-corrected chi connectivity index (χ3v) is 5.32. The number of anilines is 1. The molecule has 1 saturated heterocycles. The number of aliphatic hydroxyl groups excluding tert-OH is 1. The van der Waals surface area contributed by atoms with Gasteiger partial charge in [0.1, 0.15) is 11.9 Å². The highest BCUT2D eigenvalue weighted by molar-refractivity contribution is 5.91. The molecule has 1 aliphatic rings. The molecule has 3 atom stereocenters. The van der Waals surface area contributed by atoms with E-state index in [-0.39, 0.29) is 37.1 Å². The van der Waals surface area contributed by atoms with Crippen LogP contribution >= 0.6 is 0 Å². The van der Waals surface area contributed by atoms with E-state index in [1.807, 2.05) is 24.3 Å². The molecule has 0 unspecified atom stereocenters. The van der Waals surface area contributed by atoms with Crippen molar-refractivity contribution in [3.05, 3.63) is 54.4 Å². The van der Waals surface area contributed by atoms with E-state index < -0.39 is 6.10 Å². The van der Waals surface area contributed by atoms with Crippen molar-refractivity contribution in [3.63, 3.8) is 0 Å². The van der Waals surface area contributed by atoms with E-state index in [0.29, 0.717) is 37.2 Å². The molecule has 1 aliphatic heterocycles. The Morgan fingerprint density at radius 2 is 2.00 bits per heavy atom. The van der Waals surface area contributed by atoms with Crippen LogP contribution < -0.4 is 20.7 Å². The first-order valence-corrected chi connectivity index (χ1v) is 10.7. The maximum Gasteiger partial charge on any atom is 0.319 e. The normalized spacial score (nSPS) is 20.2. The van der Waals surface area contributed by atoms with Crippen molar-refractivity contribution in [2.75, 3.05) is 25.6 Å². The van der Waals surface area contributed by atoms with Crippen LogP contribution in [0.25, 0.3) is 0 Å². The van der Waals surface area contributed by atoms with Crippen molar-refractivity contribution in [2.45, 2.75) is 43.9 Å². The van der Waals surface area contributed by atoms with E-state index in [1.165, 1.54) is 7.11 Å². The number of amides is 3. The summed E-state index contributed by atoms with van der Waals surface area (Å²) in [6.07, 6.45) is 3.29. The molecule has 3 rings (SSSR count). The average molecular weight is 443 g/mol. The maximum absolute atomic E-state index is 12.4. The number of ether oxygens (including phenoxy) is 2. The number of rotatable bonds is 9. The molecule has 0 saturated carbocycles. The Bertz CT molecular complexity index is 880. The average Bonchev–Trinajstić information content (AvgIpc) is 2.81. The first-order chi connectivity index (χ1) is 15.6. The third kappa shape index (κ3) is 6.93. The molecule has 9 nitrogen and oxygen atoms in total. The summed E-state index contributed by atoms with van der Waals surface area (Å²) in [6.45, 7) is 0.267. The Labute approximate surface area is 187 Å². The predicted octanol–water partition coefficient (Wildman–Crippen LogP) is 1.87. The molecule has 172 valence electrons. The second kappa shape index (κ2) is 12.0. The van der Waals surface area contributed by atoms with E-state index >= 15 is 0 Å². The van der Waals surface area contributed by atoms with Gasteiger partial charge in [0.2, 0.25) is 5.91 Å². The molecule has 0 spiro atoms. The molecule has 3 amide bonds. The lowest BCUT2D eigenvalue weighted by molar-refractivity contribution is -0.121. The molecule has 9 heteroatoms. The summed E-state index contributed by atoms with van der Waals surface area (Å²) in [5.41, 5.74) is 1.28. The van der Waals surface area contributed by atoms with Crippen LogP contribution in [0, 0.1) is 0 Å². The zero-order valence-corrected chi connectivity index (χ0v) is 18.1. The summed E-state index contributed by atoms with van der Waals surface area (Å²) in [7, 11) is 1.54. The Hall–Kier alpha value is -3.17. The van der Waals surface area contributed by atoms with Crippen LogP contribution in [0.2, 0.25) is 0 Å². The van der Waals surface area contributed by atoms with Crippen molar-refractivity contribution < 1.29 is 24.2 Å². The van der Waals surface area contributed by atoms with Crippen molar-refractivity contribution in [1.29, 1.82) is 0 Å². The highest BCUT2D eigenvalue weighted by Gasteiger charge is 2.31. The Kier molecular flexibility index (Phi) is 8.82. The first kappa shape index (κ1) is 23.5. The van der Waals surface area contributed by atoms with Crippen LogP contribution in [0.5, 0.6) is 5.75 Å². The fourth-order valence-corrected chi connectivity index (χ4v) is 3.69. The fourth-order valence-electron chi connectivity index (χ4n) is 3.69. The minimum atomic E-state index is -0.513. The van der Waals surface area contributed by atoms with Crippen LogP contribution in [0.3, 0.4) is 0 Å². The highest BCUT2D eigenvalue weighted by atomic mass is 16.5. The second-order valence-corrected chi connectivity index (χ2v) is 7.60. The molecule has 1 aromatic heterocycles. The van der Waals surface area contributed by atoms with Gasteiger partial charge in [-0.1, -0.05) is 18.2 Å². The number of methoxy groups -OCH3 is 1. The summed E-state index contributed by atoms with van der Waals surface area (Å²) in [4.78, 5) is 28.6. The summed E-state index contributed by atoms with van der Waals surface area (Å²) in [6, 6.07) is 11.9. The smallest absolute Gasteiger partial charge is 0.319 e. The monoisotopic (exact) mass is 442 g/mol. The summed E-state index contributed by atoms with van der Waals surface area (Å²) >= 11 is 0. The summed E-state index contributed by atoms with van der Waals surface area (Å²) in [5.74, 6) is 0.470. The maximum atomic E-state index is 12.4. The number of nitrogens with zero attached hydrogens (tertiary/aromatic N) is 1. The van der Waals surface area contributed by atoms with Gasteiger partial charge in [-0.05, 0) is 43.5 Å². The zero-order valence-electron chi connectivity index (χ0n) is 18.1. The van der Waals surface area contributed by atoms with Gasteiger partial charge in [-0.15, -0.1) is 0 Å². The van der Waals surface area contributed by atoms with Gasteiger partial charge in [0.15, 0.2) is 0 Å². The van der Waals surface area contributed by atoms with Crippen LogP contribution in [0.15, 0.2) is 48.7 Å². The second-order valence-electron chi connectivity index (χ2n) is 7.60. The van der Waals surface area contributed by atoms with E-state index in [4.69, 9.17) is 9.47 Å². The van der Waals surface area contributed by atoms with Gasteiger partial charge in [-0.2, -0.15) is 0 Å². The molecular weight excluding hydrogens is 412 g/mol. The van der Waals surface area contributed by atoms with E-state index in [9.17, 15) is 14.7 Å². The minimum Gasteiger partial charge on any atom is -0.495 e. The summed E-state index contributed by atoms with van der Waals surface area (Å²) < 4.78 is 11.2. The standard InChI is InChI=1S/C23H30N4O5/c1-31-20-8-3-2-7-18(20)26-23(30)27-19-10-9-17(32-21(19)15-28)11-13-25-22(29)14-16-6-4-5-12-24-16/h2-8,12,17,19,21,28H,9-11,13-15H2,1H3,(H,25,29)(H2,26,27,30)/t17-,19+,21-/m0/s1. The fraction of sp³-hybridized carbons (Fsp3) is 0.435. The SMILES string of the molecule is COc1ccccc1NC(=O)N[C@@H]1CC[C@@H](CCNC(=O)Cc2ccccn2)O[C@H]1CO. The molecule has 2 aromatic rings. The van der Waals surface area contributed by atoms with Crippen molar-refractivity contribution in [2.24, 2.45) is 0 Å². The topological polar surface area (TPSA) is 122 Å². The molecule has 2 heterocycles. The minimum absolute atomic E-state index is 0.0919. The van der Waals surface area contributed by atoms with Crippen LogP contribution in [0.1, 0.15) is 25.0 Å². The number of hydrogen-bond donors (Lipinski definition) is 4. The van der Waals surface area contributed by atoms with Crippen LogP contribution in [-0.4, -0.2) is 60.5 Å². The van der Waals surface area contributed by atoms with Crippen LogP contribution in [-0.2, 0) is 16.0 Å². The molecule has 4 N–H and O–H groups in total. The van der Waals surface area contributed by atoms with E-state index in [1.54, 1.807) is 24.4 Å². The van der Waals surface area contributed by atoms with Gasteiger partial charge < -0.3 is 30.5 Å². The number of carbonyl (C=O) groups is 2. The van der Waals surface area contributed by atoms with Gasteiger partial charge in [0, 0.05) is 18.4 Å². The number of carbonyl (C=O) groups excluding carboxylic acids is 2. The van der Waals surface area contributed by atoms with Crippen molar-refractivity contribution in [3.8, 4) is 5.75 Å². The quantitative estimate of drug-likeness (QED) is 0.470. The lowest BCUT2D eigenvalue weighted by Gasteiger charge is -2.36. The lowest BCUT2D eigenvalue weighted by Crippen LogP contribution is -2.52. The largest absolute Gasteiger partial charge is 0.495 e. The number of pyridine rings is 1. The molecule has 0 radical (unpaired) electrons.